The largest absolute Gasteiger partial charge is 0.493 e. The molecule has 1 amide bonds. The van der Waals surface area contributed by atoms with E-state index in [4.69, 9.17) is 23.1 Å². The molecule has 0 radical (unpaired) electrons. The van der Waals surface area contributed by atoms with Crippen molar-refractivity contribution in [1.29, 1.82) is 0 Å². The van der Waals surface area contributed by atoms with Crippen molar-refractivity contribution in [2.45, 2.75) is 45.4 Å². The molecule has 1 N–H and O–H groups in total. The lowest BCUT2D eigenvalue weighted by Gasteiger charge is -2.29. The van der Waals surface area contributed by atoms with Gasteiger partial charge < -0.3 is 28.4 Å². The van der Waals surface area contributed by atoms with Gasteiger partial charge in [0.05, 0.1) is 19.3 Å². The first-order chi connectivity index (χ1) is 19.3. The van der Waals surface area contributed by atoms with Crippen LogP contribution >= 0.6 is 0 Å². The van der Waals surface area contributed by atoms with E-state index in [2.05, 4.69) is 10.3 Å². The molecule has 0 saturated carbocycles. The van der Waals surface area contributed by atoms with Crippen LogP contribution < -0.4 is 14.2 Å². The molecule has 3 rings (SSSR count). The third kappa shape index (κ3) is 8.39. The lowest BCUT2D eigenvalue weighted by molar-refractivity contribution is -0.176. The minimum absolute atomic E-state index is 0.105. The van der Waals surface area contributed by atoms with Crippen molar-refractivity contribution in [2.75, 3.05) is 20.0 Å². The van der Waals surface area contributed by atoms with Crippen LogP contribution in [-0.4, -0.2) is 75.4 Å². The maximum atomic E-state index is 13.3. The zero-order valence-electron chi connectivity index (χ0n) is 23.2. The highest BCUT2D eigenvalue weighted by Gasteiger charge is 2.42. The number of benzene rings is 1. The number of nitrogens with one attached hydrogen (secondary N) is 1. The second-order valence-electron chi connectivity index (χ2n) is 9.63. The number of methoxy groups -OCH3 is 1. The fraction of sp³-hybridized carbons (Fsp3) is 0.444. The first kappa shape index (κ1) is 31.3. The number of esters is 3. The first-order valence-electron chi connectivity index (χ1n) is 12.7. The maximum absolute atomic E-state index is 13.3. The topological polar surface area (TPSA) is 173 Å². The van der Waals surface area contributed by atoms with Crippen LogP contribution in [0.2, 0.25) is 0 Å². The molecule has 1 fully saturated rings. The Hall–Kier alpha value is -4.20. The van der Waals surface area contributed by atoms with Crippen LogP contribution in [0.5, 0.6) is 11.5 Å². The Kier molecular flexibility index (Phi) is 10.3. The zero-order chi connectivity index (χ0) is 30.3. The Morgan fingerprint density at radius 2 is 1.80 bits per heavy atom. The molecule has 1 aromatic carbocycles. The van der Waals surface area contributed by atoms with Gasteiger partial charge in [0.1, 0.15) is 18.6 Å². The Bertz CT molecular complexity index is 1380. The lowest BCUT2D eigenvalue weighted by atomic mass is 9.91. The fourth-order valence-corrected chi connectivity index (χ4v) is 4.43. The summed E-state index contributed by atoms with van der Waals surface area (Å²) in [5.74, 6) is -5.56. The van der Waals surface area contributed by atoms with Crippen molar-refractivity contribution < 1.29 is 50.7 Å². The van der Waals surface area contributed by atoms with Crippen LogP contribution in [0.3, 0.4) is 0 Å². The Labute approximate surface area is 237 Å². The second kappa shape index (κ2) is 13.4. The lowest BCUT2D eigenvalue weighted by Crippen LogP contribution is -2.47. The van der Waals surface area contributed by atoms with E-state index < -0.39 is 82.1 Å². The van der Waals surface area contributed by atoms with Crippen LogP contribution in [0.25, 0.3) is 0 Å². The number of aromatic nitrogens is 1. The Morgan fingerprint density at radius 1 is 1.12 bits per heavy atom. The third-order valence-corrected chi connectivity index (χ3v) is 6.48. The van der Waals surface area contributed by atoms with E-state index in [0.717, 1.165) is 11.8 Å². The highest BCUT2D eigenvalue weighted by atomic mass is 32.2. The van der Waals surface area contributed by atoms with E-state index in [1.807, 2.05) is 6.07 Å². The summed E-state index contributed by atoms with van der Waals surface area (Å²) in [5.41, 5.74) is 0.248. The van der Waals surface area contributed by atoms with Crippen molar-refractivity contribution in [2.24, 2.45) is 11.8 Å². The average molecular weight is 593 g/mol. The number of amides is 1. The van der Waals surface area contributed by atoms with E-state index in [1.165, 1.54) is 26.3 Å². The average Bonchev–Trinajstić information content (AvgIpc) is 2.94. The number of pyridine rings is 1. The van der Waals surface area contributed by atoms with Gasteiger partial charge in [-0.25, -0.2) is 9.78 Å². The number of carbonyl (C=O) groups excluding carboxylic acids is 4. The van der Waals surface area contributed by atoms with Gasteiger partial charge in [0.2, 0.25) is 5.75 Å². The normalized spacial score (nSPS) is 21.4. The molecule has 1 aliphatic rings. The molecule has 222 valence electrons. The number of ether oxygens (including phenoxy) is 4. The van der Waals surface area contributed by atoms with Crippen molar-refractivity contribution in [1.82, 2.24) is 10.3 Å². The van der Waals surface area contributed by atoms with Crippen molar-refractivity contribution in [3.05, 3.63) is 53.9 Å². The summed E-state index contributed by atoms with van der Waals surface area (Å²) in [6.07, 6.45) is -0.233. The molecule has 2 heterocycles. The van der Waals surface area contributed by atoms with Crippen molar-refractivity contribution >= 4 is 33.9 Å². The van der Waals surface area contributed by atoms with E-state index in [1.54, 1.807) is 38.1 Å². The summed E-state index contributed by atoms with van der Waals surface area (Å²) in [5, 5.41) is 2.35. The van der Waals surface area contributed by atoms with Gasteiger partial charge in [-0.2, -0.15) is 8.42 Å². The molecule has 2 aromatic rings. The number of nitrogens with zero attached hydrogens (tertiary/aromatic N) is 1. The molecule has 14 heteroatoms. The minimum Gasteiger partial charge on any atom is -0.493 e. The van der Waals surface area contributed by atoms with Gasteiger partial charge in [0, 0.05) is 12.3 Å². The van der Waals surface area contributed by atoms with Gasteiger partial charge in [-0.3, -0.25) is 14.4 Å². The number of hydrogen-bond acceptors (Lipinski definition) is 12. The van der Waals surface area contributed by atoms with E-state index in [0.29, 0.717) is 0 Å². The molecular formula is C27H32N2O11S. The standard InChI is InChI=1S/C27H32N2O11S/c1-15(2)25(31)39-22-16(3)38-27(33)19(14-37-26(32)18(22)13-17-9-7-6-8-10-17)29-24(30)21-23(40-41(5,34)35)20(36-4)11-12-28-21/h6-12,15-16,18-19,22H,13-14H2,1-5H3,(H,29,30)/t16-,18+,19-,22-/m0/s1. The molecule has 0 aliphatic carbocycles. The molecule has 4 atom stereocenters. The summed E-state index contributed by atoms with van der Waals surface area (Å²) in [6, 6.07) is 8.71. The quantitative estimate of drug-likeness (QED) is 0.253. The SMILES string of the molecule is COc1ccnc(C(=O)N[C@H]2COC(=O)[C@H](Cc3ccccc3)[C@@H](OC(=O)C(C)C)[C@H](C)OC2=O)c1OS(C)(=O)=O. The smallest absolute Gasteiger partial charge is 0.332 e. The highest BCUT2D eigenvalue weighted by molar-refractivity contribution is 7.86. The summed E-state index contributed by atoms with van der Waals surface area (Å²) in [6.45, 7) is 4.09. The van der Waals surface area contributed by atoms with Crippen molar-refractivity contribution in [3.8, 4) is 11.5 Å². The number of cyclic esters (lactones) is 2. The molecule has 1 aliphatic heterocycles. The monoisotopic (exact) mass is 592 g/mol. The molecule has 0 unspecified atom stereocenters. The summed E-state index contributed by atoms with van der Waals surface area (Å²) >= 11 is 0. The molecular weight excluding hydrogens is 560 g/mol. The predicted molar refractivity (Wildman–Crippen MR) is 142 cm³/mol. The van der Waals surface area contributed by atoms with Crippen LogP contribution in [0.4, 0.5) is 0 Å². The van der Waals surface area contributed by atoms with E-state index in [9.17, 15) is 27.6 Å². The first-order valence-corrected chi connectivity index (χ1v) is 14.5. The third-order valence-electron chi connectivity index (χ3n) is 6.01. The zero-order valence-corrected chi connectivity index (χ0v) is 24.0. The highest BCUT2D eigenvalue weighted by Crippen LogP contribution is 2.31. The number of carbonyl (C=O) groups is 4. The maximum Gasteiger partial charge on any atom is 0.332 e. The van der Waals surface area contributed by atoms with Crippen LogP contribution in [0.15, 0.2) is 42.6 Å². The second-order valence-corrected chi connectivity index (χ2v) is 11.2. The van der Waals surface area contributed by atoms with Gasteiger partial charge >= 0.3 is 28.0 Å². The number of rotatable bonds is 9. The van der Waals surface area contributed by atoms with Crippen LogP contribution in [-0.2, 0) is 45.1 Å². The van der Waals surface area contributed by atoms with Crippen LogP contribution in [0, 0.1) is 11.8 Å². The summed E-state index contributed by atoms with van der Waals surface area (Å²) in [7, 11) is -2.86. The molecule has 13 nitrogen and oxygen atoms in total. The van der Waals surface area contributed by atoms with Gasteiger partial charge in [0.15, 0.2) is 23.6 Å². The molecule has 1 saturated heterocycles. The van der Waals surface area contributed by atoms with Gasteiger partial charge in [-0.05, 0) is 18.9 Å². The molecule has 41 heavy (non-hydrogen) atoms. The van der Waals surface area contributed by atoms with Gasteiger partial charge in [-0.15, -0.1) is 0 Å². The Balaban J connectivity index is 1.91. The fourth-order valence-electron chi connectivity index (χ4n) is 3.96. The van der Waals surface area contributed by atoms with Gasteiger partial charge in [0.25, 0.3) is 5.91 Å². The van der Waals surface area contributed by atoms with E-state index >= 15 is 0 Å². The predicted octanol–water partition coefficient (Wildman–Crippen LogP) is 1.44. The van der Waals surface area contributed by atoms with Gasteiger partial charge in [-0.1, -0.05) is 44.2 Å². The molecule has 1 aromatic heterocycles. The summed E-state index contributed by atoms with van der Waals surface area (Å²) in [4.78, 5) is 56.0. The molecule has 0 bridgehead atoms. The number of hydrogen-bond donors (Lipinski definition) is 1. The molecule has 0 spiro atoms. The summed E-state index contributed by atoms with van der Waals surface area (Å²) < 4.78 is 50.2. The Morgan fingerprint density at radius 3 is 2.41 bits per heavy atom. The van der Waals surface area contributed by atoms with E-state index in [-0.39, 0.29) is 12.2 Å². The van der Waals surface area contributed by atoms with Crippen molar-refractivity contribution in [3.63, 3.8) is 0 Å². The minimum atomic E-state index is -4.10. The van der Waals surface area contributed by atoms with Crippen LogP contribution in [0.1, 0.15) is 36.8 Å².